The Balaban J connectivity index is 2.01. The SMILES string of the molecule is O=C(O)c1ccc(F)c(CNCc2ccc(F)c(Cl)c2)c1. The number of carboxylic acid groups (broad SMARTS) is 1. The molecule has 2 aromatic carbocycles. The molecule has 0 amide bonds. The second kappa shape index (κ2) is 6.65. The summed E-state index contributed by atoms with van der Waals surface area (Å²) in [4.78, 5) is 10.8. The van der Waals surface area contributed by atoms with E-state index >= 15 is 0 Å². The van der Waals surface area contributed by atoms with Crippen molar-refractivity contribution < 1.29 is 18.7 Å². The molecule has 110 valence electrons. The van der Waals surface area contributed by atoms with Gasteiger partial charge in [0.15, 0.2) is 0 Å². The molecule has 0 fully saturated rings. The van der Waals surface area contributed by atoms with Crippen LogP contribution < -0.4 is 5.32 Å². The Bertz CT molecular complexity index is 677. The van der Waals surface area contributed by atoms with E-state index in [1.54, 1.807) is 6.07 Å². The summed E-state index contributed by atoms with van der Waals surface area (Å²) in [5, 5.41) is 11.8. The third kappa shape index (κ3) is 4.00. The lowest BCUT2D eigenvalue weighted by Crippen LogP contribution is -2.14. The van der Waals surface area contributed by atoms with Crippen LogP contribution in [0.1, 0.15) is 21.5 Å². The number of rotatable bonds is 5. The lowest BCUT2D eigenvalue weighted by Gasteiger charge is -2.08. The van der Waals surface area contributed by atoms with Gasteiger partial charge in [0.1, 0.15) is 11.6 Å². The van der Waals surface area contributed by atoms with Gasteiger partial charge in [-0.2, -0.15) is 0 Å². The van der Waals surface area contributed by atoms with Gasteiger partial charge >= 0.3 is 5.97 Å². The standard InChI is InChI=1S/C15H12ClF2NO2/c16-12-5-9(1-3-14(12)18)7-19-8-11-6-10(15(20)21)2-4-13(11)17/h1-6,19H,7-8H2,(H,20,21). The Morgan fingerprint density at radius 1 is 1.10 bits per heavy atom. The van der Waals surface area contributed by atoms with E-state index in [9.17, 15) is 13.6 Å². The van der Waals surface area contributed by atoms with Crippen LogP contribution in [-0.4, -0.2) is 11.1 Å². The number of hydrogen-bond donors (Lipinski definition) is 2. The van der Waals surface area contributed by atoms with Crippen molar-refractivity contribution >= 4 is 17.6 Å². The number of nitrogens with one attached hydrogen (secondary N) is 1. The summed E-state index contributed by atoms with van der Waals surface area (Å²) in [6.45, 7) is 0.513. The van der Waals surface area contributed by atoms with Gasteiger partial charge in [-0.25, -0.2) is 13.6 Å². The van der Waals surface area contributed by atoms with Gasteiger partial charge in [-0.05, 0) is 35.9 Å². The Labute approximate surface area is 125 Å². The molecule has 0 unspecified atom stereocenters. The first-order valence-electron chi connectivity index (χ1n) is 6.13. The molecule has 3 nitrogen and oxygen atoms in total. The Kier molecular flexibility index (Phi) is 4.88. The molecule has 0 aliphatic carbocycles. The van der Waals surface area contributed by atoms with Gasteiger partial charge in [-0.15, -0.1) is 0 Å². The molecule has 0 radical (unpaired) electrons. The van der Waals surface area contributed by atoms with Crippen molar-refractivity contribution in [2.45, 2.75) is 13.1 Å². The van der Waals surface area contributed by atoms with Crippen LogP contribution in [0.2, 0.25) is 5.02 Å². The molecule has 0 spiro atoms. The highest BCUT2D eigenvalue weighted by atomic mass is 35.5. The minimum Gasteiger partial charge on any atom is -0.478 e. The number of carboxylic acids is 1. The zero-order valence-corrected chi connectivity index (χ0v) is 11.6. The highest BCUT2D eigenvalue weighted by Gasteiger charge is 2.08. The van der Waals surface area contributed by atoms with Gasteiger partial charge in [0.2, 0.25) is 0 Å². The van der Waals surface area contributed by atoms with Crippen LogP contribution in [0.4, 0.5) is 8.78 Å². The van der Waals surface area contributed by atoms with Crippen molar-refractivity contribution in [2.75, 3.05) is 0 Å². The number of benzene rings is 2. The van der Waals surface area contributed by atoms with E-state index < -0.39 is 17.6 Å². The number of hydrogen-bond acceptors (Lipinski definition) is 2. The molecule has 0 heterocycles. The summed E-state index contributed by atoms with van der Waals surface area (Å²) >= 11 is 5.66. The highest BCUT2D eigenvalue weighted by molar-refractivity contribution is 6.30. The second-order valence-electron chi connectivity index (χ2n) is 4.46. The molecule has 2 N–H and O–H groups in total. The highest BCUT2D eigenvalue weighted by Crippen LogP contribution is 2.16. The first kappa shape index (κ1) is 15.4. The van der Waals surface area contributed by atoms with Gasteiger partial charge < -0.3 is 10.4 Å². The molecule has 0 bridgehead atoms. The summed E-state index contributed by atoms with van der Waals surface area (Å²) in [6, 6.07) is 7.91. The fourth-order valence-electron chi connectivity index (χ4n) is 1.83. The molecular formula is C15H12ClF2NO2. The van der Waals surface area contributed by atoms with Gasteiger partial charge in [-0.1, -0.05) is 17.7 Å². The van der Waals surface area contributed by atoms with Gasteiger partial charge in [-0.3, -0.25) is 0 Å². The second-order valence-corrected chi connectivity index (χ2v) is 4.87. The van der Waals surface area contributed by atoms with Crippen molar-refractivity contribution in [3.05, 3.63) is 69.7 Å². The summed E-state index contributed by atoms with van der Waals surface area (Å²) in [7, 11) is 0. The molecule has 2 aromatic rings. The van der Waals surface area contributed by atoms with Crippen molar-refractivity contribution in [1.29, 1.82) is 0 Å². The van der Waals surface area contributed by atoms with Crippen molar-refractivity contribution in [3.8, 4) is 0 Å². The Morgan fingerprint density at radius 2 is 1.81 bits per heavy atom. The summed E-state index contributed by atoms with van der Waals surface area (Å²) in [5.41, 5.74) is 1.03. The maximum absolute atomic E-state index is 13.6. The fraction of sp³-hybridized carbons (Fsp3) is 0.133. The predicted octanol–water partition coefficient (Wildman–Crippen LogP) is 3.61. The minimum atomic E-state index is -1.11. The molecule has 2 rings (SSSR count). The smallest absolute Gasteiger partial charge is 0.335 e. The van der Waals surface area contributed by atoms with Crippen LogP contribution in [0.3, 0.4) is 0 Å². The van der Waals surface area contributed by atoms with Crippen molar-refractivity contribution in [3.63, 3.8) is 0 Å². The topological polar surface area (TPSA) is 49.3 Å². The van der Waals surface area contributed by atoms with Gasteiger partial charge in [0.05, 0.1) is 10.6 Å². The average Bonchev–Trinajstić information content (AvgIpc) is 2.44. The van der Waals surface area contributed by atoms with Crippen LogP contribution in [0.5, 0.6) is 0 Å². The molecular weight excluding hydrogens is 300 g/mol. The van der Waals surface area contributed by atoms with E-state index in [-0.39, 0.29) is 22.7 Å². The van der Waals surface area contributed by atoms with E-state index in [2.05, 4.69) is 5.32 Å². The normalized spacial score (nSPS) is 10.6. The third-order valence-electron chi connectivity index (χ3n) is 2.92. The molecule has 0 atom stereocenters. The average molecular weight is 312 g/mol. The van der Waals surface area contributed by atoms with Gasteiger partial charge in [0.25, 0.3) is 0 Å². The molecule has 21 heavy (non-hydrogen) atoms. The quantitative estimate of drug-likeness (QED) is 0.887. The van der Waals surface area contributed by atoms with Crippen LogP contribution in [0, 0.1) is 11.6 Å². The molecule has 0 aromatic heterocycles. The van der Waals surface area contributed by atoms with Crippen LogP contribution in [-0.2, 0) is 13.1 Å². The van der Waals surface area contributed by atoms with E-state index in [1.807, 2.05) is 0 Å². The van der Waals surface area contributed by atoms with E-state index in [0.717, 1.165) is 11.6 Å². The zero-order valence-electron chi connectivity index (χ0n) is 10.9. The summed E-state index contributed by atoms with van der Waals surface area (Å²) in [5.74, 6) is -2.09. The van der Waals surface area contributed by atoms with Crippen LogP contribution >= 0.6 is 11.6 Å². The van der Waals surface area contributed by atoms with Crippen molar-refractivity contribution in [1.82, 2.24) is 5.32 Å². The number of carbonyl (C=O) groups is 1. The molecule has 6 heteroatoms. The first-order valence-corrected chi connectivity index (χ1v) is 6.51. The first-order chi connectivity index (χ1) is 9.97. The van der Waals surface area contributed by atoms with Crippen LogP contribution in [0.15, 0.2) is 36.4 Å². The molecule has 0 aliphatic rings. The lowest BCUT2D eigenvalue weighted by molar-refractivity contribution is 0.0696. The molecule has 0 saturated carbocycles. The number of halogens is 3. The van der Waals surface area contributed by atoms with Crippen LogP contribution in [0.25, 0.3) is 0 Å². The van der Waals surface area contributed by atoms with E-state index in [0.29, 0.717) is 6.54 Å². The maximum Gasteiger partial charge on any atom is 0.335 e. The minimum absolute atomic E-state index is 0.0216. The molecule has 0 saturated heterocycles. The fourth-order valence-corrected chi connectivity index (χ4v) is 2.04. The third-order valence-corrected chi connectivity index (χ3v) is 3.21. The summed E-state index contributed by atoms with van der Waals surface area (Å²) in [6.07, 6.45) is 0. The Morgan fingerprint density at radius 3 is 2.48 bits per heavy atom. The zero-order chi connectivity index (χ0) is 15.4. The monoisotopic (exact) mass is 311 g/mol. The molecule has 0 aliphatic heterocycles. The Hall–Kier alpha value is -1.98. The predicted molar refractivity (Wildman–Crippen MR) is 75.3 cm³/mol. The van der Waals surface area contributed by atoms with E-state index in [4.69, 9.17) is 16.7 Å². The van der Waals surface area contributed by atoms with Crippen molar-refractivity contribution in [2.24, 2.45) is 0 Å². The lowest BCUT2D eigenvalue weighted by atomic mass is 10.1. The number of aromatic carboxylic acids is 1. The van der Waals surface area contributed by atoms with E-state index in [1.165, 1.54) is 24.3 Å². The summed E-state index contributed by atoms with van der Waals surface area (Å²) < 4.78 is 26.6. The largest absolute Gasteiger partial charge is 0.478 e. The maximum atomic E-state index is 13.6. The van der Waals surface area contributed by atoms with Gasteiger partial charge in [0, 0.05) is 18.7 Å².